The minimum absolute atomic E-state index is 0.0588. The summed E-state index contributed by atoms with van der Waals surface area (Å²) in [5.74, 6) is 0.727. The van der Waals surface area contributed by atoms with Crippen molar-refractivity contribution in [1.29, 1.82) is 0 Å². The average Bonchev–Trinajstić information content (AvgIpc) is 2.61. The van der Waals surface area contributed by atoms with Crippen LogP contribution in [0, 0.1) is 17.0 Å². The second kappa shape index (κ2) is 7.04. The lowest BCUT2D eigenvalue weighted by atomic mass is 10.1. The van der Waals surface area contributed by atoms with E-state index < -0.39 is 4.92 Å². The van der Waals surface area contributed by atoms with Crippen molar-refractivity contribution in [2.75, 3.05) is 7.11 Å². The summed E-state index contributed by atoms with van der Waals surface area (Å²) in [7, 11) is 1.61. The Morgan fingerprint density at radius 2 is 1.92 bits per heavy atom. The van der Waals surface area contributed by atoms with Gasteiger partial charge in [0, 0.05) is 23.2 Å². The molecular formula is C18H16N4O3. The maximum Gasteiger partial charge on any atom is 0.269 e. The first-order valence-corrected chi connectivity index (χ1v) is 7.63. The fourth-order valence-corrected chi connectivity index (χ4v) is 2.44. The lowest BCUT2D eigenvalue weighted by molar-refractivity contribution is -0.384. The molecule has 0 fully saturated rings. The minimum atomic E-state index is -0.426. The molecule has 0 aliphatic rings. The van der Waals surface area contributed by atoms with Gasteiger partial charge in [0.15, 0.2) is 0 Å². The molecule has 0 saturated carbocycles. The van der Waals surface area contributed by atoms with Crippen LogP contribution >= 0.6 is 0 Å². The number of hydrogen-bond donors (Lipinski definition) is 0. The standard InChI is InChI=1S/C18H16N4O3/c1-12-9-18(16-10-15(25-2)7-8-17(16)20-12)21-19-11-13-3-5-14(6-4-13)22(23)24/h3-10H,11H2,1-2H3. The molecule has 0 atom stereocenters. The molecule has 7 nitrogen and oxygen atoms in total. The van der Waals surface area contributed by atoms with Crippen LogP contribution in [0.4, 0.5) is 11.4 Å². The number of fused-ring (bicyclic) bond motifs is 1. The quantitative estimate of drug-likeness (QED) is 0.382. The van der Waals surface area contributed by atoms with Gasteiger partial charge in [-0.25, -0.2) is 0 Å². The zero-order chi connectivity index (χ0) is 17.8. The van der Waals surface area contributed by atoms with Gasteiger partial charge < -0.3 is 4.74 Å². The van der Waals surface area contributed by atoms with Gasteiger partial charge in [0.25, 0.3) is 5.69 Å². The third-order valence-corrected chi connectivity index (χ3v) is 3.70. The van der Waals surface area contributed by atoms with Crippen LogP contribution in [-0.4, -0.2) is 17.0 Å². The van der Waals surface area contributed by atoms with Gasteiger partial charge in [0.1, 0.15) is 5.75 Å². The summed E-state index contributed by atoms with van der Waals surface area (Å²) >= 11 is 0. The van der Waals surface area contributed by atoms with Crippen LogP contribution in [0.15, 0.2) is 58.8 Å². The molecular weight excluding hydrogens is 320 g/mol. The number of azo groups is 1. The molecule has 3 aromatic rings. The fraction of sp³-hybridized carbons (Fsp3) is 0.167. The first-order valence-electron chi connectivity index (χ1n) is 7.63. The van der Waals surface area contributed by atoms with E-state index >= 15 is 0 Å². The number of methoxy groups -OCH3 is 1. The minimum Gasteiger partial charge on any atom is -0.497 e. The van der Waals surface area contributed by atoms with Crippen LogP contribution in [0.5, 0.6) is 5.75 Å². The summed E-state index contributed by atoms with van der Waals surface area (Å²) < 4.78 is 5.26. The Kier molecular flexibility index (Phi) is 4.65. The number of aromatic nitrogens is 1. The Labute approximate surface area is 144 Å². The summed E-state index contributed by atoms with van der Waals surface area (Å²) in [6, 6.07) is 13.8. The summed E-state index contributed by atoms with van der Waals surface area (Å²) in [4.78, 5) is 14.7. The van der Waals surface area contributed by atoms with Gasteiger partial charge in [-0.15, -0.1) is 0 Å². The van der Waals surface area contributed by atoms with Crippen molar-refractivity contribution in [3.63, 3.8) is 0 Å². The van der Waals surface area contributed by atoms with Crippen molar-refractivity contribution >= 4 is 22.3 Å². The van der Waals surface area contributed by atoms with E-state index in [0.29, 0.717) is 12.2 Å². The highest BCUT2D eigenvalue weighted by Gasteiger charge is 2.06. The number of nitro groups is 1. The average molecular weight is 336 g/mol. The Morgan fingerprint density at radius 1 is 1.16 bits per heavy atom. The Bertz CT molecular complexity index is 952. The number of pyridine rings is 1. The molecule has 0 saturated heterocycles. The van der Waals surface area contributed by atoms with E-state index in [2.05, 4.69) is 15.2 Å². The molecule has 7 heteroatoms. The Balaban J connectivity index is 1.86. The summed E-state index contributed by atoms with van der Waals surface area (Å²) in [6.45, 7) is 2.24. The van der Waals surface area contributed by atoms with Crippen molar-refractivity contribution in [3.8, 4) is 5.75 Å². The molecule has 0 unspecified atom stereocenters. The first kappa shape index (κ1) is 16.5. The highest BCUT2D eigenvalue weighted by atomic mass is 16.6. The van der Waals surface area contributed by atoms with Crippen LogP contribution in [0.2, 0.25) is 0 Å². The monoisotopic (exact) mass is 336 g/mol. The molecule has 0 spiro atoms. The number of hydrogen-bond acceptors (Lipinski definition) is 6. The van der Waals surface area contributed by atoms with Crippen molar-refractivity contribution in [1.82, 2.24) is 4.98 Å². The van der Waals surface area contributed by atoms with E-state index in [4.69, 9.17) is 4.74 Å². The van der Waals surface area contributed by atoms with Gasteiger partial charge in [-0.1, -0.05) is 12.1 Å². The van der Waals surface area contributed by atoms with Crippen LogP contribution in [0.3, 0.4) is 0 Å². The molecule has 0 aliphatic heterocycles. The van der Waals surface area contributed by atoms with E-state index in [1.807, 2.05) is 31.2 Å². The van der Waals surface area contributed by atoms with Crippen LogP contribution in [0.25, 0.3) is 10.9 Å². The van der Waals surface area contributed by atoms with Gasteiger partial charge in [-0.3, -0.25) is 15.1 Å². The number of benzene rings is 2. The third-order valence-electron chi connectivity index (χ3n) is 3.70. The molecule has 0 N–H and O–H groups in total. The first-order chi connectivity index (χ1) is 12.1. The molecule has 0 radical (unpaired) electrons. The predicted molar refractivity (Wildman–Crippen MR) is 94.3 cm³/mol. The maximum absolute atomic E-state index is 10.7. The van der Waals surface area contributed by atoms with Crippen molar-refractivity contribution < 1.29 is 9.66 Å². The third kappa shape index (κ3) is 3.77. The van der Waals surface area contributed by atoms with Gasteiger partial charge >= 0.3 is 0 Å². The number of ether oxygens (including phenoxy) is 1. The van der Waals surface area contributed by atoms with Crippen LogP contribution < -0.4 is 4.74 Å². The molecule has 3 rings (SSSR count). The molecule has 0 bridgehead atoms. The van der Waals surface area contributed by atoms with E-state index in [0.717, 1.165) is 27.9 Å². The topological polar surface area (TPSA) is 90.0 Å². The van der Waals surface area contributed by atoms with Crippen LogP contribution in [0.1, 0.15) is 11.3 Å². The molecule has 0 amide bonds. The number of aryl methyl sites for hydroxylation is 1. The Morgan fingerprint density at radius 3 is 2.60 bits per heavy atom. The molecule has 0 aliphatic carbocycles. The van der Waals surface area contributed by atoms with E-state index in [-0.39, 0.29) is 5.69 Å². The smallest absolute Gasteiger partial charge is 0.269 e. The summed E-state index contributed by atoms with van der Waals surface area (Å²) in [5.41, 5.74) is 3.29. The molecule has 1 heterocycles. The second-order valence-electron chi connectivity index (χ2n) is 5.49. The lowest BCUT2D eigenvalue weighted by Gasteiger charge is -2.05. The zero-order valence-electron chi connectivity index (χ0n) is 13.8. The normalized spacial score (nSPS) is 11.1. The van der Waals surface area contributed by atoms with Crippen molar-refractivity contribution in [2.45, 2.75) is 13.5 Å². The highest BCUT2D eigenvalue weighted by molar-refractivity contribution is 5.90. The number of non-ortho nitro benzene ring substituents is 1. The van der Waals surface area contributed by atoms with Gasteiger partial charge in [0.2, 0.25) is 0 Å². The summed E-state index contributed by atoms with van der Waals surface area (Å²) in [6.07, 6.45) is 0. The number of nitrogens with zero attached hydrogens (tertiary/aromatic N) is 4. The molecule has 126 valence electrons. The van der Waals surface area contributed by atoms with E-state index in [1.165, 1.54) is 12.1 Å². The highest BCUT2D eigenvalue weighted by Crippen LogP contribution is 2.29. The lowest BCUT2D eigenvalue weighted by Crippen LogP contribution is -1.88. The number of nitro benzene ring substituents is 1. The van der Waals surface area contributed by atoms with Crippen molar-refractivity contribution in [3.05, 3.63) is 69.9 Å². The van der Waals surface area contributed by atoms with E-state index in [1.54, 1.807) is 19.2 Å². The second-order valence-corrected chi connectivity index (χ2v) is 5.49. The predicted octanol–water partition coefficient (Wildman–Crippen LogP) is 4.74. The fourth-order valence-electron chi connectivity index (χ4n) is 2.44. The Hall–Kier alpha value is -3.35. The number of rotatable bonds is 5. The van der Waals surface area contributed by atoms with Crippen molar-refractivity contribution in [2.24, 2.45) is 10.2 Å². The zero-order valence-corrected chi connectivity index (χ0v) is 13.8. The SMILES string of the molecule is COc1ccc2nc(C)cc(N=NCc3ccc([N+](=O)[O-])cc3)c2c1. The van der Waals surface area contributed by atoms with Gasteiger partial charge in [-0.2, -0.15) is 10.2 Å². The molecule has 25 heavy (non-hydrogen) atoms. The van der Waals surface area contributed by atoms with E-state index in [9.17, 15) is 10.1 Å². The maximum atomic E-state index is 10.7. The van der Waals surface area contributed by atoms with Gasteiger partial charge in [-0.05, 0) is 36.8 Å². The van der Waals surface area contributed by atoms with Crippen LogP contribution in [-0.2, 0) is 6.54 Å². The molecule has 2 aromatic carbocycles. The van der Waals surface area contributed by atoms with Gasteiger partial charge in [0.05, 0.1) is 29.8 Å². The molecule has 1 aromatic heterocycles. The summed E-state index contributed by atoms with van der Waals surface area (Å²) in [5, 5.41) is 20.1. The largest absolute Gasteiger partial charge is 0.497 e.